The van der Waals surface area contributed by atoms with Crippen molar-refractivity contribution in [1.29, 1.82) is 0 Å². The van der Waals surface area contributed by atoms with E-state index in [1.54, 1.807) is 12.4 Å². The first-order valence-corrected chi connectivity index (χ1v) is 6.49. The maximum absolute atomic E-state index is 12.0. The molecule has 1 aromatic heterocycles. The Morgan fingerprint density at radius 2 is 1.94 bits per heavy atom. The Morgan fingerprint density at radius 1 is 1.28 bits per heavy atom. The third kappa shape index (κ3) is 3.26. The number of nitrogens with zero attached hydrogens (tertiary/aromatic N) is 2. The van der Waals surface area contributed by atoms with E-state index in [9.17, 15) is 4.79 Å². The fraction of sp³-hybridized carbons (Fsp3) is 0.615. The summed E-state index contributed by atoms with van der Waals surface area (Å²) in [6.45, 7) is 0.589. The molecule has 0 saturated heterocycles. The number of hydrogen-bond acceptors (Lipinski definition) is 4. The summed E-state index contributed by atoms with van der Waals surface area (Å²) in [5, 5.41) is 2.83. The van der Waals surface area contributed by atoms with E-state index in [1.807, 2.05) is 0 Å². The van der Waals surface area contributed by atoms with Crippen molar-refractivity contribution < 1.29 is 4.79 Å². The number of carbonyl (C=O) groups excluding carboxylic acids is 1. The van der Waals surface area contributed by atoms with Crippen molar-refractivity contribution in [2.75, 3.05) is 11.9 Å². The van der Waals surface area contributed by atoms with Crippen LogP contribution in [-0.4, -0.2) is 22.4 Å². The van der Waals surface area contributed by atoms with Crippen LogP contribution in [0.15, 0.2) is 18.7 Å². The van der Waals surface area contributed by atoms with Gasteiger partial charge in [0.1, 0.15) is 6.33 Å². The number of nitrogens with one attached hydrogen (secondary N) is 1. The van der Waals surface area contributed by atoms with Crippen LogP contribution in [-0.2, 0) is 4.79 Å². The van der Waals surface area contributed by atoms with Crippen LogP contribution in [0.25, 0.3) is 0 Å². The molecule has 2 rings (SSSR count). The third-order valence-electron chi connectivity index (χ3n) is 3.73. The fourth-order valence-electron chi connectivity index (χ4n) is 2.66. The number of aromatic nitrogens is 2. The number of rotatable bonds is 4. The van der Waals surface area contributed by atoms with Crippen molar-refractivity contribution in [2.24, 2.45) is 11.1 Å². The Labute approximate surface area is 107 Å². The molecule has 1 amide bonds. The van der Waals surface area contributed by atoms with Gasteiger partial charge >= 0.3 is 0 Å². The minimum Gasteiger partial charge on any atom is -0.330 e. The van der Waals surface area contributed by atoms with Gasteiger partial charge in [0.25, 0.3) is 0 Å². The average molecular weight is 248 g/mol. The summed E-state index contributed by atoms with van der Waals surface area (Å²) in [6.07, 6.45) is 10.9. The van der Waals surface area contributed by atoms with Gasteiger partial charge in [-0.25, -0.2) is 9.97 Å². The Balaban J connectivity index is 1.93. The van der Waals surface area contributed by atoms with E-state index in [-0.39, 0.29) is 11.3 Å². The predicted octanol–water partition coefficient (Wildman–Crippen LogP) is 1.71. The van der Waals surface area contributed by atoms with E-state index in [2.05, 4.69) is 15.3 Å². The van der Waals surface area contributed by atoms with Gasteiger partial charge < -0.3 is 11.1 Å². The van der Waals surface area contributed by atoms with Crippen LogP contribution >= 0.6 is 0 Å². The quantitative estimate of drug-likeness (QED) is 0.850. The molecule has 98 valence electrons. The van der Waals surface area contributed by atoms with Crippen molar-refractivity contribution in [3.05, 3.63) is 18.7 Å². The first-order chi connectivity index (χ1) is 8.74. The zero-order valence-electron chi connectivity index (χ0n) is 10.6. The molecule has 1 saturated carbocycles. The summed E-state index contributed by atoms with van der Waals surface area (Å²) in [7, 11) is 0. The van der Waals surface area contributed by atoms with Crippen LogP contribution < -0.4 is 11.1 Å². The van der Waals surface area contributed by atoms with Crippen LogP contribution in [0.1, 0.15) is 38.5 Å². The normalized spacial score (nSPS) is 18.3. The van der Waals surface area contributed by atoms with Crippen molar-refractivity contribution >= 4 is 11.6 Å². The maximum Gasteiger partial charge on any atom is 0.225 e. The number of carbonyl (C=O) groups is 1. The van der Waals surface area contributed by atoms with E-state index in [1.165, 1.54) is 25.6 Å². The minimum absolute atomic E-state index is 0.00201. The molecular formula is C13H20N4O. The van der Waals surface area contributed by atoms with Crippen LogP contribution in [0, 0.1) is 5.41 Å². The summed E-state index contributed by atoms with van der Waals surface area (Å²) in [5.74, 6) is 0.0113. The Bertz CT molecular complexity index is 387. The van der Waals surface area contributed by atoms with E-state index in [0.29, 0.717) is 18.7 Å². The van der Waals surface area contributed by atoms with Crippen molar-refractivity contribution in [3.63, 3.8) is 0 Å². The molecule has 0 aromatic carbocycles. The van der Waals surface area contributed by atoms with Gasteiger partial charge in [0.2, 0.25) is 5.91 Å². The molecular weight excluding hydrogens is 228 g/mol. The van der Waals surface area contributed by atoms with Gasteiger partial charge in [-0.05, 0) is 24.8 Å². The monoisotopic (exact) mass is 248 g/mol. The molecule has 5 nitrogen and oxygen atoms in total. The first kappa shape index (κ1) is 13.0. The van der Waals surface area contributed by atoms with Crippen LogP contribution in [0.2, 0.25) is 0 Å². The molecule has 1 fully saturated rings. The summed E-state index contributed by atoms with van der Waals surface area (Å²) in [6, 6.07) is 0. The molecule has 5 heteroatoms. The molecule has 0 radical (unpaired) electrons. The number of nitrogens with two attached hydrogens (primary N) is 1. The molecule has 0 bridgehead atoms. The van der Waals surface area contributed by atoms with Gasteiger partial charge in [-0.2, -0.15) is 0 Å². The summed E-state index contributed by atoms with van der Waals surface area (Å²) < 4.78 is 0. The van der Waals surface area contributed by atoms with Gasteiger partial charge in [0.05, 0.1) is 18.1 Å². The highest BCUT2D eigenvalue weighted by atomic mass is 16.1. The van der Waals surface area contributed by atoms with Crippen LogP contribution in [0.3, 0.4) is 0 Å². The largest absolute Gasteiger partial charge is 0.330 e. The molecule has 1 aliphatic rings. The van der Waals surface area contributed by atoms with E-state index < -0.39 is 0 Å². The van der Waals surface area contributed by atoms with E-state index in [4.69, 9.17) is 5.73 Å². The minimum atomic E-state index is -0.00201. The van der Waals surface area contributed by atoms with Crippen LogP contribution in [0.4, 0.5) is 5.69 Å². The molecule has 0 unspecified atom stereocenters. The second-order valence-corrected chi connectivity index (χ2v) is 5.12. The lowest BCUT2D eigenvalue weighted by Crippen LogP contribution is -2.36. The smallest absolute Gasteiger partial charge is 0.225 e. The summed E-state index contributed by atoms with van der Waals surface area (Å²) >= 11 is 0. The topological polar surface area (TPSA) is 80.9 Å². The Kier molecular flexibility index (Phi) is 4.25. The highest BCUT2D eigenvalue weighted by Crippen LogP contribution is 2.38. The maximum atomic E-state index is 12.0. The van der Waals surface area contributed by atoms with E-state index >= 15 is 0 Å². The molecule has 0 atom stereocenters. The number of anilines is 1. The van der Waals surface area contributed by atoms with Crippen LogP contribution in [0.5, 0.6) is 0 Å². The summed E-state index contributed by atoms with van der Waals surface area (Å²) in [4.78, 5) is 19.8. The lowest BCUT2D eigenvalue weighted by atomic mass is 9.71. The molecule has 1 heterocycles. The highest BCUT2D eigenvalue weighted by Gasteiger charge is 2.32. The zero-order valence-corrected chi connectivity index (χ0v) is 10.6. The van der Waals surface area contributed by atoms with Gasteiger partial charge in [-0.3, -0.25) is 4.79 Å². The Hall–Kier alpha value is -1.49. The fourth-order valence-corrected chi connectivity index (χ4v) is 2.66. The van der Waals surface area contributed by atoms with Gasteiger partial charge in [-0.1, -0.05) is 19.3 Å². The average Bonchev–Trinajstić information content (AvgIpc) is 2.41. The van der Waals surface area contributed by atoms with E-state index in [0.717, 1.165) is 12.8 Å². The molecule has 0 aliphatic heterocycles. The lowest BCUT2D eigenvalue weighted by molar-refractivity contribution is -0.118. The first-order valence-electron chi connectivity index (χ1n) is 6.49. The van der Waals surface area contributed by atoms with Gasteiger partial charge in [0.15, 0.2) is 0 Å². The molecule has 18 heavy (non-hydrogen) atoms. The van der Waals surface area contributed by atoms with Crippen molar-refractivity contribution in [2.45, 2.75) is 38.5 Å². The molecule has 1 aliphatic carbocycles. The zero-order chi connectivity index (χ0) is 12.8. The second-order valence-electron chi connectivity index (χ2n) is 5.12. The highest BCUT2D eigenvalue weighted by molar-refractivity contribution is 5.90. The van der Waals surface area contributed by atoms with Crippen molar-refractivity contribution in [1.82, 2.24) is 9.97 Å². The number of hydrogen-bond donors (Lipinski definition) is 2. The molecule has 0 spiro atoms. The van der Waals surface area contributed by atoms with Crippen molar-refractivity contribution in [3.8, 4) is 0 Å². The van der Waals surface area contributed by atoms with Gasteiger partial charge in [0, 0.05) is 6.42 Å². The third-order valence-corrected chi connectivity index (χ3v) is 3.73. The number of amides is 1. The SMILES string of the molecule is NCC1(CC(=O)Nc2cncnc2)CCCCC1. The second kappa shape index (κ2) is 5.91. The molecule has 3 N–H and O–H groups in total. The summed E-state index contributed by atoms with van der Waals surface area (Å²) in [5.41, 5.74) is 6.52. The molecule has 1 aromatic rings. The Morgan fingerprint density at radius 3 is 2.56 bits per heavy atom. The van der Waals surface area contributed by atoms with Gasteiger partial charge in [-0.15, -0.1) is 0 Å². The lowest BCUT2D eigenvalue weighted by Gasteiger charge is -2.35. The standard InChI is InChI=1S/C13H20N4O/c14-9-13(4-2-1-3-5-13)6-12(18)17-11-7-15-10-16-8-11/h7-8,10H,1-6,9,14H2,(H,17,18). The predicted molar refractivity (Wildman–Crippen MR) is 69.9 cm³/mol.